The smallest absolute Gasteiger partial charge is 0.347 e. The lowest BCUT2D eigenvalue weighted by atomic mass is 10.2. The molecule has 0 atom stereocenters. The minimum atomic E-state index is -0.547. The van der Waals surface area contributed by atoms with Crippen LogP contribution < -0.4 is 9.47 Å². The van der Waals surface area contributed by atoms with Gasteiger partial charge < -0.3 is 14.2 Å². The molecule has 0 bridgehead atoms. The van der Waals surface area contributed by atoms with Gasteiger partial charge in [-0.1, -0.05) is 55.1 Å². The molecular weight excluding hydrogens is 436 g/mol. The molecular formula is C23H27BrO5. The van der Waals surface area contributed by atoms with E-state index >= 15 is 0 Å². The lowest BCUT2D eigenvalue weighted by Crippen LogP contribution is -2.12. The number of benzene rings is 2. The summed E-state index contributed by atoms with van der Waals surface area (Å²) in [6, 6.07) is 11.6. The summed E-state index contributed by atoms with van der Waals surface area (Å²) < 4.78 is 17.2. The molecule has 0 N–H and O–H groups in total. The molecule has 2 rings (SSSR count). The molecule has 156 valence electrons. The van der Waals surface area contributed by atoms with Gasteiger partial charge in [0.1, 0.15) is 17.1 Å². The van der Waals surface area contributed by atoms with Gasteiger partial charge in [0.15, 0.2) is 0 Å². The van der Waals surface area contributed by atoms with Crippen LogP contribution in [0.25, 0.3) is 0 Å². The Balaban J connectivity index is 2.08. The molecule has 6 heteroatoms. The first-order chi connectivity index (χ1) is 14.0. The van der Waals surface area contributed by atoms with E-state index in [2.05, 4.69) is 22.9 Å². The van der Waals surface area contributed by atoms with E-state index in [1.54, 1.807) is 30.3 Å². The number of carbonyl (C=O) groups is 2. The van der Waals surface area contributed by atoms with Crippen LogP contribution in [0.15, 0.2) is 46.9 Å². The minimum Gasteiger partial charge on any atom is -0.493 e. The van der Waals surface area contributed by atoms with Gasteiger partial charge in [-0.15, -0.1) is 0 Å². The molecule has 2 aromatic rings. The second kappa shape index (κ2) is 12.3. The van der Waals surface area contributed by atoms with Crippen molar-refractivity contribution in [3.05, 3.63) is 58.1 Å². The van der Waals surface area contributed by atoms with Gasteiger partial charge >= 0.3 is 11.9 Å². The first kappa shape index (κ1) is 22.9. The summed E-state index contributed by atoms with van der Waals surface area (Å²) in [7, 11) is 0. The quantitative estimate of drug-likeness (QED) is 0.226. The first-order valence-electron chi connectivity index (χ1n) is 9.96. The SMILES string of the molecule is CCCCCCOc1ccc(Br)cc1C(=O)Oc1cccc(C(=O)OCCC)c1. The van der Waals surface area contributed by atoms with Crippen LogP contribution in [-0.2, 0) is 4.74 Å². The van der Waals surface area contributed by atoms with E-state index in [0.717, 1.165) is 36.6 Å². The third kappa shape index (κ3) is 7.54. The number of hydrogen-bond donors (Lipinski definition) is 0. The fraction of sp³-hybridized carbons (Fsp3) is 0.391. The van der Waals surface area contributed by atoms with Crippen molar-refractivity contribution in [1.29, 1.82) is 0 Å². The number of rotatable bonds is 11. The summed E-state index contributed by atoms with van der Waals surface area (Å²) >= 11 is 3.38. The predicted molar refractivity (Wildman–Crippen MR) is 116 cm³/mol. The topological polar surface area (TPSA) is 61.8 Å². The fourth-order valence-corrected chi connectivity index (χ4v) is 2.99. The highest BCUT2D eigenvalue weighted by Crippen LogP contribution is 2.26. The van der Waals surface area contributed by atoms with E-state index in [9.17, 15) is 9.59 Å². The maximum Gasteiger partial charge on any atom is 0.347 e. The number of unbranched alkanes of at least 4 members (excludes halogenated alkanes) is 3. The lowest BCUT2D eigenvalue weighted by Gasteiger charge is -2.12. The number of carbonyl (C=O) groups excluding carboxylic acids is 2. The second-order valence-corrected chi connectivity index (χ2v) is 7.52. The van der Waals surface area contributed by atoms with Crippen LogP contribution >= 0.6 is 15.9 Å². The Kier molecular flexibility index (Phi) is 9.71. The van der Waals surface area contributed by atoms with E-state index in [1.807, 2.05) is 13.0 Å². The van der Waals surface area contributed by atoms with E-state index in [-0.39, 0.29) is 5.75 Å². The number of ether oxygens (including phenoxy) is 3. The highest BCUT2D eigenvalue weighted by atomic mass is 79.9. The molecule has 29 heavy (non-hydrogen) atoms. The van der Waals surface area contributed by atoms with Gasteiger partial charge in [-0.05, 0) is 49.2 Å². The van der Waals surface area contributed by atoms with Crippen molar-refractivity contribution in [3.63, 3.8) is 0 Å². The summed E-state index contributed by atoms with van der Waals surface area (Å²) in [6.07, 6.45) is 5.08. The molecule has 0 spiro atoms. The van der Waals surface area contributed by atoms with Gasteiger partial charge in [0.2, 0.25) is 0 Å². The molecule has 0 heterocycles. The Morgan fingerprint density at radius 3 is 2.48 bits per heavy atom. The zero-order chi connectivity index (χ0) is 21.1. The largest absolute Gasteiger partial charge is 0.493 e. The average molecular weight is 463 g/mol. The van der Waals surface area contributed by atoms with Crippen LogP contribution in [0.3, 0.4) is 0 Å². The fourth-order valence-electron chi connectivity index (χ4n) is 2.63. The molecule has 0 amide bonds. The predicted octanol–water partition coefficient (Wildman–Crippen LogP) is 6.19. The molecule has 0 aliphatic carbocycles. The third-order valence-corrected chi connectivity index (χ3v) is 4.63. The van der Waals surface area contributed by atoms with Gasteiger partial charge in [0.25, 0.3) is 0 Å². The molecule has 0 fully saturated rings. The highest BCUT2D eigenvalue weighted by molar-refractivity contribution is 9.10. The maximum atomic E-state index is 12.7. The Labute approximate surface area is 180 Å². The van der Waals surface area contributed by atoms with Gasteiger partial charge in [-0.25, -0.2) is 9.59 Å². The lowest BCUT2D eigenvalue weighted by molar-refractivity contribution is 0.0503. The van der Waals surface area contributed by atoms with Gasteiger partial charge in [-0.3, -0.25) is 0 Å². The van der Waals surface area contributed by atoms with Crippen LogP contribution in [0.1, 0.15) is 66.7 Å². The van der Waals surface area contributed by atoms with Crippen molar-refractivity contribution in [1.82, 2.24) is 0 Å². The van der Waals surface area contributed by atoms with Gasteiger partial charge in [-0.2, -0.15) is 0 Å². The molecule has 0 saturated heterocycles. The number of halogens is 1. The molecule has 0 unspecified atom stereocenters. The summed E-state index contributed by atoms with van der Waals surface area (Å²) in [4.78, 5) is 24.8. The molecule has 0 aliphatic rings. The van der Waals surface area contributed by atoms with E-state index in [4.69, 9.17) is 14.2 Å². The van der Waals surface area contributed by atoms with Crippen LogP contribution in [-0.4, -0.2) is 25.2 Å². The normalized spacial score (nSPS) is 10.4. The Morgan fingerprint density at radius 2 is 1.72 bits per heavy atom. The molecule has 0 saturated carbocycles. The highest BCUT2D eigenvalue weighted by Gasteiger charge is 2.17. The summed E-state index contributed by atoms with van der Waals surface area (Å²) in [5, 5.41) is 0. The van der Waals surface area contributed by atoms with Crippen molar-refractivity contribution >= 4 is 27.9 Å². The van der Waals surface area contributed by atoms with Gasteiger partial charge in [0, 0.05) is 4.47 Å². The van der Waals surface area contributed by atoms with Crippen LogP contribution in [0.5, 0.6) is 11.5 Å². The van der Waals surface area contributed by atoms with Crippen molar-refractivity contribution in [3.8, 4) is 11.5 Å². The standard InChI is InChI=1S/C23H27BrO5/c1-3-5-6-7-14-27-21-12-11-18(24)16-20(21)23(26)29-19-10-8-9-17(15-19)22(25)28-13-4-2/h8-12,15-16H,3-7,13-14H2,1-2H3. The second-order valence-electron chi connectivity index (χ2n) is 6.60. The minimum absolute atomic E-state index is 0.273. The third-order valence-electron chi connectivity index (χ3n) is 4.13. The Bertz CT molecular complexity index is 819. The Hall–Kier alpha value is -2.34. The van der Waals surface area contributed by atoms with Gasteiger partial charge in [0.05, 0.1) is 18.8 Å². The number of hydrogen-bond acceptors (Lipinski definition) is 5. The molecule has 0 radical (unpaired) electrons. The van der Waals surface area contributed by atoms with Crippen LogP contribution in [0.2, 0.25) is 0 Å². The summed E-state index contributed by atoms with van der Waals surface area (Å²) in [5.74, 6) is -0.236. The zero-order valence-electron chi connectivity index (χ0n) is 16.9. The average Bonchev–Trinajstić information content (AvgIpc) is 2.72. The Morgan fingerprint density at radius 1 is 0.897 bits per heavy atom. The summed E-state index contributed by atoms with van der Waals surface area (Å²) in [6.45, 7) is 4.97. The summed E-state index contributed by atoms with van der Waals surface area (Å²) in [5.41, 5.74) is 0.666. The van der Waals surface area contributed by atoms with E-state index < -0.39 is 11.9 Å². The van der Waals surface area contributed by atoms with Crippen LogP contribution in [0, 0.1) is 0 Å². The van der Waals surface area contributed by atoms with E-state index in [1.165, 1.54) is 6.07 Å². The van der Waals surface area contributed by atoms with Crippen molar-refractivity contribution in [2.24, 2.45) is 0 Å². The van der Waals surface area contributed by atoms with Crippen molar-refractivity contribution in [2.75, 3.05) is 13.2 Å². The monoisotopic (exact) mass is 462 g/mol. The first-order valence-corrected chi connectivity index (χ1v) is 10.8. The molecule has 5 nitrogen and oxygen atoms in total. The van der Waals surface area contributed by atoms with Crippen LogP contribution in [0.4, 0.5) is 0 Å². The molecule has 0 aromatic heterocycles. The number of esters is 2. The molecule has 2 aromatic carbocycles. The molecule has 0 aliphatic heterocycles. The van der Waals surface area contributed by atoms with Crippen molar-refractivity contribution < 1.29 is 23.8 Å². The van der Waals surface area contributed by atoms with Crippen molar-refractivity contribution in [2.45, 2.75) is 46.0 Å². The zero-order valence-corrected chi connectivity index (χ0v) is 18.5. The maximum absolute atomic E-state index is 12.7. The van der Waals surface area contributed by atoms with E-state index in [0.29, 0.717) is 30.1 Å².